The van der Waals surface area contributed by atoms with Crippen molar-refractivity contribution in [3.8, 4) is 11.1 Å². The van der Waals surface area contributed by atoms with E-state index in [0.29, 0.717) is 39.2 Å². The van der Waals surface area contributed by atoms with E-state index in [1.54, 1.807) is 35.1 Å². The van der Waals surface area contributed by atoms with E-state index < -0.39 is 17.9 Å². The molecular formula is C22H21ClF2N6O. The zero-order valence-corrected chi connectivity index (χ0v) is 18.2. The predicted octanol–water partition coefficient (Wildman–Crippen LogP) is 5.18. The Bertz CT molecular complexity index is 1350. The number of aromatic nitrogens is 4. The highest BCUT2D eigenvalue weighted by Gasteiger charge is 2.43. The number of imidazole rings is 1. The fourth-order valence-electron chi connectivity index (χ4n) is 3.73. The van der Waals surface area contributed by atoms with Crippen molar-refractivity contribution in [3.05, 3.63) is 41.6 Å². The minimum atomic E-state index is -1.08. The fourth-order valence-corrected chi connectivity index (χ4v) is 4.04. The van der Waals surface area contributed by atoms with Crippen molar-refractivity contribution in [1.82, 2.24) is 19.6 Å². The molecule has 0 radical (unpaired) electrons. The van der Waals surface area contributed by atoms with Gasteiger partial charge >= 0.3 is 0 Å². The van der Waals surface area contributed by atoms with Crippen LogP contribution in [0.1, 0.15) is 26.7 Å². The van der Waals surface area contributed by atoms with Crippen molar-refractivity contribution in [2.75, 3.05) is 10.6 Å². The Morgan fingerprint density at radius 2 is 2.19 bits per heavy atom. The Morgan fingerprint density at radius 1 is 1.41 bits per heavy atom. The molecule has 1 aliphatic carbocycles. The quantitative estimate of drug-likeness (QED) is 0.371. The summed E-state index contributed by atoms with van der Waals surface area (Å²) in [5, 5.41) is 13.4. The van der Waals surface area contributed by atoms with E-state index in [2.05, 4.69) is 25.8 Å². The number of nitrogens with zero attached hydrogens (tertiary/aromatic N) is 3. The van der Waals surface area contributed by atoms with Gasteiger partial charge in [0, 0.05) is 28.8 Å². The Kier molecular flexibility index (Phi) is 5.00. The maximum absolute atomic E-state index is 15.3. The van der Waals surface area contributed by atoms with E-state index in [-0.39, 0.29) is 23.4 Å². The van der Waals surface area contributed by atoms with Crippen LogP contribution in [-0.2, 0) is 4.79 Å². The molecule has 10 heteroatoms. The van der Waals surface area contributed by atoms with E-state index in [4.69, 9.17) is 11.6 Å². The van der Waals surface area contributed by atoms with E-state index in [0.717, 1.165) is 6.42 Å². The van der Waals surface area contributed by atoms with Crippen molar-refractivity contribution in [2.45, 2.75) is 38.9 Å². The number of H-pyrrole nitrogens is 1. The second-order valence-corrected chi connectivity index (χ2v) is 8.53. The van der Waals surface area contributed by atoms with Crippen LogP contribution in [-0.4, -0.2) is 37.7 Å². The molecule has 1 amide bonds. The summed E-state index contributed by atoms with van der Waals surface area (Å²) in [6.07, 6.45) is 4.98. The van der Waals surface area contributed by atoms with Crippen LogP contribution in [0.5, 0.6) is 0 Å². The third kappa shape index (κ3) is 3.46. The number of fused-ring (bicyclic) bond motifs is 2. The first-order valence-corrected chi connectivity index (χ1v) is 10.8. The van der Waals surface area contributed by atoms with Crippen LogP contribution < -0.4 is 10.6 Å². The summed E-state index contributed by atoms with van der Waals surface area (Å²) >= 11 is 6.50. The van der Waals surface area contributed by atoms with Crippen LogP contribution in [0.3, 0.4) is 0 Å². The molecule has 1 fully saturated rings. The number of halogens is 3. The maximum atomic E-state index is 15.3. The molecule has 3 heterocycles. The SMILES string of the molecule is CCC(C)Nc1c(F)c(Cl)c(-c2ccc3nc(NC(=O)[C@@H]4C[C@@H]4F)cn3c2)c2cn[nH]c12. The number of aromatic amines is 1. The van der Waals surface area contributed by atoms with Gasteiger partial charge in [0.1, 0.15) is 11.8 Å². The number of alkyl halides is 1. The van der Waals surface area contributed by atoms with Gasteiger partial charge in [0.15, 0.2) is 11.6 Å². The van der Waals surface area contributed by atoms with Crippen molar-refractivity contribution < 1.29 is 13.6 Å². The van der Waals surface area contributed by atoms with E-state index in [1.165, 1.54) is 0 Å². The summed E-state index contributed by atoms with van der Waals surface area (Å²) in [4.78, 5) is 16.3. The number of anilines is 2. The zero-order valence-electron chi connectivity index (χ0n) is 17.4. The molecule has 3 N–H and O–H groups in total. The molecule has 1 aromatic carbocycles. The van der Waals surface area contributed by atoms with E-state index >= 15 is 4.39 Å². The summed E-state index contributed by atoms with van der Waals surface area (Å²) < 4.78 is 30.1. The average molecular weight is 459 g/mol. The monoisotopic (exact) mass is 458 g/mol. The third-order valence-corrected chi connectivity index (χ3v) is 6.19. The van der Waals surface area contributed by atoms with Crippen molar-refractivity contribution in [1.29, 1.82) is 0 Å². The first-order chi connectivity index (χ1) is 15.4. The number of amides is 1. The fraction of sp³-hybridized carbons (Fsp3) is 0.318. The Labute approximate surface area is 187 Å². The minimum Gasteiger partial charge on any atom is -0.378 e. The van der Waals surface area contributed by atoms with Gasteiger partial charge in [0.05, 0.1) is 34.5 Å². The number of rotatable bonds is 6. The van der Waals surface area contributed by atoms with Crippen molar-refractivity contribution in [2.24, 2.45) is 5.92 Å². The Hall–Kier alpha value is -3.20. The summed E-state index contributed by atoms with van der Waals surface area (Å²) in [6, 6.07) is 3.57. The molecule has 4 aromatic rings. The van der Waals surface area contributed by atoms with Gasteiger partial charge in [-0.05, 0) is 31.9 Å². The lowest BCUT2D eigenvalue weighted by Crippen LogP contribution is -2.15. The molecule has 7 nitrogen and oxygen atoms in total. The lowest BCUT2D eigenvalue weighted by atomic mass is 10.0. The first kappa shape index (κ1) is 20.7. The van der Waals surface area contributed by atoms with Crippen LogP contribution >= 0.6 is 11.6 Å². The van der Waals surface area contributed by atoms with Gasteiger partial charge in [-0.2, -0.15) is 5.10 Å². The highest BCUT2D eigenvalue weighted by Crippen LogP contribution is 2.41. The Morgan fingerprint density at radius 3 is 2.91 bits per heavy atom. The van der Waals surface area contributed by atoms with Gasteiger partial charge in [-0.3, -0.25) is 9.89 Å². The molecule has 5 rings (SSSR count). The molecule has 32 heavy (non-hydrogen) atoms. The second-order valence-electron chi connectivity index (χ2n) is 8.15. The summed E-state index contributed by atoms with van der Waals surface area (Å²) in [5.74, 6) is -1.21. The molecule has 3 aromatic heterocycles. The number of nitrogens with one attached hydrogen (secondary N) is 3. The summed E-state index contributed by atoms with van der Waals surface area (Å²) in [5.41, 5.74) is 2.56. The van der Waals surface area contributed by atoms with Gasteiger partial charge in [-0.25, -0.2) is 13.8 Å². The van der Waals surface area contributed by atoms with Crippen LogP contribution in [0.4, 0.5) is 20.3 Å². The average Bonchev–Trinajstić information content (AvgIpc) is 3.14. The normalized spacial score (nSPS) is 18.8. The van der Waals surface area contributed by atoms with Crippen LogP contribution in [0, 0.1) is 11.7 Å². The third-order valence-electron chi connectivity index (χ3n) is 5.83. The van der Waals surface area contributed by atoms with Gasteiger partial charge in [0.2, 0.25) is 5.91 Å². The van der Waals surface area contributed by atoms with Crippen molar-refractivity contribution >= 4 is 45.6 Å². The number of benzene rings is 1. The van der Waals surface area contributed by atoms with Gasteiger partial charge in [-0.15, -0.1) is 0 Å². The molecule has 166 valence electrons. The molecule has 0 spiro atoms. The molecule has 1 saturated carbocycles. The molecule has 0 bridgehead atoms. The van der Waals surface area contributed by atoms with Gasteiger partial charge in [0.25, 0.3) is 0 Å². The zero-order chi connectivity index (χ0) is 22.6. The topological polar surface area (TPSA) is 87.1 Å². The molecular weight excluding hydrogens is 438 g/mol. The largest absolute Gasteiger partial charge is 0.378 e. The number of hydrogen-bond donors (Lipinski definition) is 3. The van der Waals surface area contributed by atoms with Crippen molar-refractivity contribution in [3.63, 3.8) is 0 Å². The maximum Gasteiger partial charge on any atom is 0.231 e. The summed E-state index contributed by atoms with van der Waals surface area (Å²) in [7, 11) is 0. The van der Waals surface area contributed by atoms with E-state index in [1.807, 2.05) is 13.8 Å². The minimum absolute atomic E-state index is 0.0135. The second kappa shape index (κ2) is 7.74. The highest BCUT2D eigenvalue weighted by molar-refractivity contribution is 6.36. The Balaban J connectivity index is 1.55. The molecule has 1 unspecified atom stereocenters. The molecule has 0 aliphatic heterocycles. The highest BCUT2D eigenvalue weighted by atomic mass is 35.5. The number of pyridine rings is 1. The molecule has 3 atom stereocenters. The molecule has 0 saturated heterocycles. The van der Waals surface area contributed by atoms with Gasteiger partial charge < -0.3 is 15.0 Å². The number of hydrogen-bond acceptors (Lipinski definition) is 4. The summed E-state index contributed by atoms with van der Waals surface area (Å²) in [6.45, 7) is 3.97. The van der Waals surface area contributed by atoms with Crippen LogP contribution in [0.15, 0.2) is 30.7 Å². The number of carbonyl (C=O) groups is 1. The van der Waals surface area contributed by atoms with Crippen LogP contribution in [0.2, 0.25) is 5.02 Å². The lowest BCUT2D eigenvalue weighted by Gasteiger charge is -2.17. The van der Waals surface area contributed by atoms with Crippen LogP contribution in [0.25, 0.3) is 27.7 Å². The molecule has 1 aliphatic rings. The predicted molar refractivity (Wildman–Crippen MR) is 120 cm³/mol. The smallest absolute Gasteiger partial charge is 0.231 e. The van der Waals surface area contributed by atoms with E-state index in [9.17, 15) is 9.18 Å². The number of carbonyl (C=O) groups excluding carboxylic acids is 1. The lowest BCUT2D eigenvalue weighted by molar-refractivity contribution is -0.117. The van der Waals surface area contributed by atoms with Gasteiger partial charge in [-0.1, -0.05) is 18.5 Å². The standard InChI is InChI=1S/C22H21ClF2N6O/c1-3-10(2)27-21-19(25)18(23)17(13-7-26-30-20(13)21)11-4-5-16-28-15(9-31(16)8-11)29-22(32)12-6-14(12)24/h4-5,7-10,12,14,27H,3,6H2,1-2H3,(H,26,30)(H,29,32)/t10?,12-,14+/m1/s1. The first-order valence-electron chi connectivity index (χ1n) is 10.4.